The number of benzene rings is 1. The molecule has 2 bridgehead atoms. The van der Waals surface area contributed by atoms with Crippen molar-refractivity contribution in [3.63, 3.8) is 0 Å². The van der Waals surface area contributed by atoms with Gasteiger partial charge in [0.15, 0.2) is 0 Å². The molecule has 0 aliphatic carbocycles. The Labute approximate surface area is 155 Å². The topological polar surface area (TPSA) is 71.5 Å². The average molecular weight is 432 g/mol. The zero-order chi connectivity index (χ0) is 19.5. The predicted octanol–water partition coefficient (Wildman–Crippen LogP) is 3.09. The highest BCUT2D eigenvalue weighted by Gasteiger charge is 2.49. The van der Waals surface area contributed by atoms with E-state index in [1.807, 2.05) is 0 Å². The number of sulfone groups is 1. The number of rotatable bonds is 3. The quantitative estimate of drug-likeness (QED) is 0.737. The van der Waals surface area contributed by atoms with Gasteiger partial charge in [-0.2, -0.15) is 17.5 Å². The van der Waals surface area contributed by atoms with Crippen LogP contribution >= 0.6 is 11.6 Å². The van der Waals surface area contributed by atoms with Crippen molar-refractivity contribution in [3.8, 4) is 0 Å². The van der Waals surface area contributed by atoms with E-state index in [9.17, 15) is 30.0 Å². The SMILES string of the molecule is CS(=O)(=O)C1CC2CCC(C1)N2S(=O)(=O)c1ccc(Cl)c(C(F)(F)F)c1. The average Bonchev–Trinajstić information content (AvgIpc) is 2.76. The molecule has 26 heavy (non-hydrogen) atoms. The summed E-state index contributed by atoms with van der Waals surface area (Å²) in [7, 11) is -7.49. The van der Waals surface area contributed by atoms with E-state index in [0.29, 0.717) is 18.9 Å². The van der Waals surface area contributed by atoms with Crippen molar-refractivity contribution in [1.29, 1.82) is 0 Å². The molecule has 0 radical (unpaired) electrons. The lowest BCUT2D eigenvalue weighted by Crippen LogP contribution is -2.49. The molecular formula is C15H17ClF3NO4S2. The summed E-state index contributed by atoms with van der Waals surface area (Å²) in [6.07, 6.45) is -2.34. The lowest BCUT2D eigenvalue weighted by atomic mass is 10.1. The Morgan fingerprint density at radius 1 is 1.08 bits per heavy atom. The highest BCUT2D eigenvalue weighted by atomic mass is 35.5. The van der Waals surface area contributed by atoms with Gasteiger partial charge in [-0.15, -0.1) is 0 Å². The van der Waals surface area contributed by atoms with Crippen LogP contribution in [0.5, 0.6) is 0 Å². The molecule has 3 rings (SSSR count). The third kappa shape index (κ3) is 3.48. The van der Waals surface area contributed by atoms with Gasteiger partial charge in [-0.3, -0.25) is 0 Å². The van der Waals surface area contributed by atoms with Crippen LogP contribution in [0.1, 0.15) is 31.2 Å². The first-order valence-corrected chi connectivity index (χ1v) is 11.7. The van der Waals surface area contributed by atoms with Crippen LogP contribution in [0.4, 0.5) is 13.2 Å². The Kier molecular flexibility index (Phi) is 4.87. The Balaban J connectivity index is 1.98. The van der Waals surface area contributed by atoms with Gasteiger partial charge in [0.2, 0.25) is 10.0 Å². The van der Waals surface area contributed by atoms with Gasteiger partial charge < -0.3 is 0 Å². The summed E-state index contributed by atoms with van der Waals surface area (Å²) in [6.45, 7) is 0. The van der Waals surface area contributed by atoms with Gasteiger partial charge in [-0.25, -0.2) is 16.8 Å². The molecule has 0 amide bonds. The summed E-state index contributed by atoms with van der Waals surface area (Å²) >= 11 is 5.56. The van der Waals surface area contributed by atoms with Gasteiger partial charge in [0, 0.05) is 18.3 Å². The van der Waals surface area contributed by atoms with Gasteiger partial charge >= 0.3 is 6.18 Å². The van der Waals surface area contributed by atoms with E-state index >= 15 is 0 Å². The van der Waals surface area contributed by atoms with Gasteiger partial charge in [0.25, 0.3) is 0 Å². The van der Waals surface area contributed by atoms with Crippen molar-refractivity contribution < 1.29 is 30.0 Å². The third-order valence-corrected chi connectivity index (χ3v) is 8.97. The second-order valence-electron chi connectivity index (χ2n) is 6.78. The Morgan fingerprint density at radius 2 is 1.62 bits per heavy atom. The molecule has 11 heteroatoms. The smallest absolute Gasteiger partial charge is 0.229 e. The maximum atomic E-state index is 13.0. The van der Waals surface area contributed by atoms with Crippen molar-refractivity contribution in [2.75, 3.05) is 6.26 Å². The molecule has 2 aliphatic heterocycles. The molecule has 146 valence electrons. The summed E-state index contributed by atoms with van der Waals surface area (Å²) < 4.78 is 89.9. The number of piperidine rings is 1. The molecule has 0 saturated carbocycles. The van der Waals surface area contributed by atoms with Gasteiger partial charge in [-0.1, -0.05) is 11.6 Å². The summed E-state index contributed by atoms with van der Waals surface area (Å²) in [4.78, 5) is -0.482. The second-order valence-corrected chi connectivity index (χ2v) is 11.4. The fourth-order valence-electron chi connectivity index (χ4n) is 3.83. The summed E-state index contributed by atoms with van der Waals surface area (Å²) in [5.41, 5.74) is -1.21. The Morgan fingerprint density at radius 3 is 2.08 bits per heavy atom. The number of sulfonamides is 1. The Hall–Kier alpha value is -0.840. The standard InChI is InChI=1S/C15H17ClF3NO4S2/c1-25(21,22)12-6-9-2-3-10(7-12)20(9)26(23,24)11-4-5-14(16)13(8-11)15(17,18)19/h4-5,8-10,12H,2-3,6-7H2,1H3. The third-order valence-electron chi connectivity index (χ3n) is 5.05. The minimum atomic E-state index is -4.77. The zero-order valence-electron chi connectivity index (χ0n) is 13.7. The second kappa shape index (κ2) is 6.35. The normalized spacial score (nSPS) is 27.7. The monoisotopic (exact) mass is 431 g/mol. The molecule has 0 spiro atoms. The zero-order valence-corrected chi connectivity index (χ0v) is 16.1. The van der Waals surface area contributed by atoms with Crippen LogP contribution in [0.25, 0.3) is 0 Å². The van der Waals surface area contributed by atoms with Gasteiger partial charge in [0.1, 0.15) is 9.84 Å². The lowest BCUT2D eigenvalue weighted by molar-refractivity contribution is -0.137. The number of hydrogen-bond donors (Lipinski definition) is 0. The molecule has 2 atom stereocenters. The molecule has 2 heterocycles. The molecular weight excluding hydrogens is 415 g/mol. The van der Waals surface area contributed by atoms with E-state index < -0.39 is 58.9 Å². The maximum Gasteiger partial charge on any atom is 0.417 e. The van der Waals surface area contributed by atoms with Gasteiger partial charge in [0.05, 0.1) is 20.7 Å². The van der Waals surface area contributed by atoms with Crippen LogP contribution in [-0.4, -0.2) is 44.7 Å². The lowest BCUT2D eigenvalue weighted by Gasteiger charge is -2.37. The van der Waals surface area contributed by atoms with Crippen LogP contribution < -0.4 is 0 Å². The van der Waals surface area contributed by atoms with Crippen molar-refractivity contribution in [1.82, 2.24) is 4.31 Å². The first kappa shape index (κ1) is 19.9. The van der Waals surface area contributed by atoms with Gasteiger partial charge in [-0.05, 0) is 43.9 Å². The molecule has 1 aromatic rings. The number of alkyl halides is 3. The molecule has 2 aliphatic rings. The minimum Gasteiger partial charge on any atom is -0.229 e. The van der Waals surface area contributed by atoms with Crippen LogP contribution in [0, 0.1) is 0 Å². The van der Waals surface area contributed by atoms with Crippen molar-refractivity contribution in [2.24, 2.45) is 0 Å². The van der Waals surface area contributed by atoms with E-state index in [0.717, 1.165) is 18.4 Å². The Bertz CT molecular complexity index is 917. The minimum absolute atomic E-state index is 0.161. The fourth-order valence-corrected chi connectivity index (χ4v) is 7.12. The van der Waals surface area contributed by atoms with Crippen LogP contribution in [0.15, 0.2) is 23.1 Å². The van der Waals surface area contributed by atoms with E-state index in [-0.39, 0.29) is 12.8 Å². The number of halogens is 4. The predicted molar refractivity (Wildman–Crippen MR) is 90.2 cm³/mol. The van der Waals surface area contributed by atoms with Crippen LogP contribution in [0.2, 0.25) is 5.02 Å². The molecule has 5 nitrogen and oxygen atoms in total. The van der Waals surface area contributed by atoms with E-state index in [4.69, 9.17) is 11.6 Å². The molecule has 0 N–H and O–H groups in total. The van der Waals surface area contributed by atoms with Crippen molar-refractivity contribution >= 4 is 31.5 Å². The molecule has 2 unspecified atom stereocenters. The summed E-state index contributed by atoms with van der Waals surface area (Å²) in [6, 6.07) is 1.46. The van der Waals surface area contributed by atoms with Crippen molar-refractivity contribution in [2.45, 2.75) is 54.1 Å². The van der Waals surface area contributed by atoms with E-state index in [2.05, 4.69) is 0 Å². The molecule has 2 saturated heterocycles. The number of fused-ring (bicyclic) bond motifs is 2. The van der Waals surface area contributed by atoms with E-state index in [1.165, 1.54) is 4.31 Å². The molecule has 1 aromatic carbocycles. The summed E-state index contributed by atoms with van der Waals surface area (Å²) in [5.74, 6) is 0. The van der Waals surface area contributed by atoms with E-state index in [1.54, 1.807) is 0 Å². The fraction of sp³-hybridized carbons (Fsp3) is 0.600. The first-order chi connectivity index (χ1) is 11.8. The molecule has 0 aromatic heterocycles. The largest absolute Gasteiger partial charge is 0.417 e. The number of hydrogen-bond acceptors (Lipinski definition) is 4. The van der Waals surface area contributed by atoms with Crippen molar-refractivity contribution in [3.05, 3.63) is 28.8 Å². The van der Waals surface area contributed by atoms with Crippen LogP contribution in [-0.2, 0) is 26.0 Å². The van der Waals surface area contributed by atoms with Crippen LogP contribution in [0.3, 0.4) is 0 Å². The number of nitrogens with zero attached hydrogens (tertiary/aromatic N) is 1. The summed E-state index contributed by atoms with van der Waals surface area (Å²) in [5, 5.41) is -1.20. The molecule has 2 fully saturated rings. The maximum absolute atomic E-state index is 13.0. The highest BCUT2D eigenvalue weighted by Crippen LogP contribution is 2.43. The highest BCUT2D eigenvalue weighted by molar-refractivity contribution is 7.91. The first-order valence-electron chi connectivity index (χ1n) is 7.91.